The molecular formula is C15H13Cl2N5S. The van der Waals surface area contributed by atoms with Crippen LogP contribution >= 0.6 is 34.5 Å². The van der Waals surface area contributed by atoms with Crippen molar-refractivity contribution in [2.75, 3.05) is 11.1 Å². The van der Waals surface area contributed by atoms with E-state index in [-0.39, 0.29) is 18.0 Å². The highest BCUT2D eigenvalue weighted by Crippen LogP contribution is 2.41. The third-order valence-electron chi connectivity index (χ3n) is 3.91. The van der Waals surface area contributed by atoms with Crippen molar-refractivity contribution in [3.8, 4) is 0 Å². The molecule has 4 rings (SSSR count). The molecule has 1 aliphatic heterocycles. The Morgan fingerprint density at radius 2 is 2.17 bits per heavy atom. The second-order valence-electron chi connectivity index (χ2n) is 5.37. The lowest BCUT2D eigenvalue weighted by Gasteiger charge is -2.31. The molecule has 8 heteroatoms. The number of hydrogen-bond donors (Lipinski definition) is 2. The third kappa shape index (κ3) is 2.67. The minimum Gasteiger partial charge on any atom is -0.366 e. The molecule has 0 aliphatic carbocycles. The fourth-order valence-corrected chi connectivity index (χ4v) is 4.26. The average molecular weight is 366 g/mol. The summed E-state index contributed by atoms with van der Waals surface area (Å²) in [7, 11) is 0. The fourth-order valence-electron chi connectivity index (χ4n) is 2.90. The number of nitrogens with one attached hydrogen (secondary N) is 1. The van der Waals surface area contributed by atoms with Crippen molar-refractivity contribution in [2.45, 2.75) is 18.5 Å². The molecule has 0 fully saturated rings. The number of benzene rings is 1. The first-order valence-electron chi connectivity index (χ1n) is 7.08. The van der Waals surface area contributed by atoms with Gasteiger partial charge < -0.3 is 11.1 Å². The van der Waals surface area contributed by atoms with Gasteiger partial charge in [-0.05, 0) is 35.6 Å². The second-order valence-corrected chi connectivity index (χ2v) is 7.19. The van der Waals surface area contributed by atoms with Gasteiger partial charge in [-0.2, -0.15) is 4.98 Å². The number of aromatic nitrogens is 3. The summed E-state index contributed by atoms with van der Waals surface area (Å²) < 4.78 is 1.85. The van der Waals surface area contributed by atoms with Crippen LogP contribution in [0.15, 0.2) is 35.7 Å². The first kappa shape index (κ1) is 14.8. The van der Waals surface area contributed by atoms with Gasteiger partial charge in [0.1, 0.15) is 0 Å². The van der Waals surface area contributed by atoms with Gasteiger partial charge in [0.15, 0.2) is 0 Å². The number of hydrogen-bond acceptors (Lipinski definition) is 5. The Balaban J connectivity index is 1.77. The number of nitrogens with two attached hydrogens (primary N) is 1. The molecule has 5 nitrogen and oxygen atoms in total. The van der Waals surface area contributed by atoms with Gasteiger partial charge in [-0.15, -0.1) is 16.4 Å². The van der Waals surface area contributed by atoms with E-state index in [1.165, 1.54) is 4.88 Å². The summed E-state index contributed by atoms with van der Waals surface area (Å²) in [6.45, 7) is 0. The number of rotatable bonds is 2. The molecule has 0 saturated heterocycles. The van der Waals surface area contributed by atoms with E-state index in [9.17, 15) is 0 Å². The van der Waals surface area contributed by atoms with Crippen molar-refractivity contribution in [1.29, 1.82) is 0 Å². The van der Waals surface area contributed by atoms with Crippen LogP contribution in [0.25, 0.3) is 0 Å². The molecule has 2 atom stereocenters. The first-order chi connectivity index (χ1) is 11.1. The summed E-state index contributed by atoms with van der Waals surface area (Å²) in [6.07, 6.45) is 0.803. The molecule has 0 radical (unpaired) electrons. The van der Waals surface area contributed by atoms with Gasteiger partial charge in [0.25, 0.3) is 0 Å². The lowest BCUT2D eigenvalue weighted by atomic mass is 9.97. The summed E-state index contributed by atoms with van der Waals surface area (Å²) in [4.78, 5) is 5.50. The van der Waals surface area contributed by atoms with Crippen molar-refractivity contribution in [2.24, 2.45) is 0 Å². The van der Waals surface area contributed by atoms with Crippen molar-refractivity contribution in [1.82, 2.24) is 14.8 Å². The molecule has 2 aromatic heterocycles. The van der Waals surface area contributed by atoms with Crippen LogP contribution in [0.4, 0.5) is 11.9 Å². The topological polar surface area (TPSA) is 68.8 Å². The largest absolute Gasteiger partial charge is 0.366 e. The van der Waals surface area contributed by atoms with Crippen LogP contribution in [-0.2, 0) is 0 Å². The maximum atomic E-state index is 6.38. The number of halogens is 2. The van der Waals surface area contributed by atoms with Gasteiger partial charge in [0.2, 0.25) is 11.9 Å². The van der Waals surface area contributed by atoms with E-state index >= 15 is 0 Å². The van der Waals surface area contributed by atoms with E-state index in [2.05, 4.69) is 26.8 Å². The van der Waals surface area contributed by atoms with E-state index in [4.69, 9.17) is 28.9 Å². The number of nitrogens with zero attached hydrogens (tertiary/aromatic N) is 3. The van der Waals surface area contributed by atoms with Gasteiger partial charge in [-0.1, -0.05) is 35.3 Å². The van der Waals surface area contributed by atoms with Crippen molar-refractivity contribution in [3.63, 3.8) is 0 Å². The number of thiophene rings is 1. The van der Waals surface area contributed by atoms with Crippen LogP contribution in [0.1, 0.15) is 28.9 Å². The highest BCUT2D eigenvalue weighted by molar-refractivity contribution is 7.10. The van der Waals surface area contributed by atoms with Crippen LogP contribution in [0.2, 0.25) is 10.0 Å². The standard InChI is InChI=1S/C15H13Cl2N5S/c16-8-3-4-9(10(17)6-8)11-7-12(13-2-1-5-23-13)22-15(19-11)20-14(18)21-22/h1-6,11-12H,7H2,(H3,18,19,20,21)/t11-,12+/m0/s1. The molecule has 118 valence electrons. The first-order valence-corrected chi connectivity index (χ1v) is 8.72. The molecule has 0 amide bonds. The molecule has 23 heavy (non-hydrogen) atoms. The zero-order valence-corrected chi connectivity index (χ0v) is 14.2. The highest BCUT2D eigenvalue weighted by Gasteiger charge is 2.32. The minimum atomic E-state index is 0.0166. The number of anilines is 2. The quantitative estimate of drug-likeness (QED) is 0.707. The monoisotopic (exact) mass is 365 g/mol. The molecular weight excluding hydrogens is 353 g/mol. The Hall–Kier alpha value is -1.76. The van der Waals surface area contributed by atoms with Gasteiger partial charge in [-0.3, -0.25) is 0 Å². The van der Waals surface area contributed by atoms with E-state index in [0.29, 0.717) is 16.0 Å². The number of nitrogen functional groups attached to an aromatic ring is 1. The molecule has 0 unspecified atom stereocenters. The summed E-state index contributed by atoms with van der Waals surface area (Å²) in [6, 6.07) is 9.78. The zero-order valence-electron chi connectivity index (χ0n) is 11.9. The zero-order chi connectivity index (χ0) is 16.0. The molecule has 3 heterocycles. The number of fused-ring (bicyclic) bond motifs is 1. The summed E-state index contributed by atoms with van der Waals surface area (Å²) in [5.74, 6) is 0.917. The van der Waals surface area contributed by atoms with E-state index in [1.807, 2.05) is 22.9 Å². The predicted molar refractivity (Wildman–Crippen MR) is 94.3 cm³/mol. The highest BCUT2D eigenvalue weighted by atomic mass is 35.5. The average Bonchev–Trinajstić information content (AvgIpc) is 3.14. The molecule has 1 aliphatic rings. The lowest BCUT2D eigenvalue weighted by molar-refractivity contribution is 0.437. The van der Waals surface area contributed by atoms with Gasteiger partial charge in [-0.25, -0.2) is 4.68 Å². The van der Waals surface area contributed by atoms with E-state index in [0.717, 1.165) is 12.0 Å². The Labute approximate surface area is 147 Å². The van der Waals surface area contributed by atoms with E-state index < -0.39 is 0 Å². The van der Waals surface area contributed by atoms with Crippen molar-refractivity contribution < 1.29 is 0 Å². The van der Waals surface area contributed by atoms with Crippen LogP contribution < -0.4 is 11.1 Å². The maximum absolute atomic E-state index is 6.38. The molecule has 3 N–H and O–H groups in total. The van der Waals surface area contributed by atoms with Gasteiger partial charge in [0.05, 0.1) is 12.1 Å². The minimum absolute atomic E-state index is 0.0166. The third-order valence-corrected chi connectivity index (χ3v) is 5.45. The maximum Gasteiger partial charge on any atom is 0.241 e. The molecule has 0 bridgehead atoms. The van der Waals surface area contributed by atoms with E-state index in [1.54, 1.807) is 17.4 Å². The Morgan fingerprint density at radius 1 is 1.30 bits per heavy atom. The van der Waals surface area contributed by atoms with Crippen LogP contribution in [0.5, 0.6) is 0 Å². The molecule has 0 spiro atoms. The predicted octanol–water partition coefficient (Wildman–Crippen LogP) is 4.37. The SMILES string of the molecule is Nc1nc2n(n1)[C@@H](c1cccs1)C[C@@H](c1ccc(Cl)cc1Cl)N2. The normalized spacial score (nSPS) is 20.1. The van der Waals surface area contributed by atoms with Gasteiger partial charge >= 0.3 is 0 Å². The van der Waals surface area contributed by atoms with Crippen LogP contribution in [-0.4, -0.2) is 14.8 Å². The Morgan fingerprint density at radius 3 is 2.91 bits per heavy atom. The summed E-state index contributed by atoms with van der Waals surface area (Å²) in [5, 5.41) is 11.0. The smallest absolute Gasteiger partial charge is 0.241 e. The van der Waals surface area contributed by atoms with Crippen LogP contribution in [0.3, 0.4) is 0 Å². The second kappa shape index (κ2) is 5.70. The molecule has 1 aromatic carbocycles. The molecule has 0 saturated carbocycles. The van der Waals surface area contributed by atoms with Gasteiger partial charge in [0, 0.05) is 14.9 Å². The Kier molecular flexibility index (Phi) is 3.67. The summed E-state index contributed by atoms with van der Waals surface area (Å²) in [5.41, 5.74) is 6.78. The summed E-state index contributed by atoms with van der Waals surface area (Å²) >= 11 is 14.1. The fraction of sp³-hybridized carbons (Fsp3) is 0.200. The van der Waals surface area contributed by atoms with Crippen LogP contribution in [0, 0.1) is 0 Å². The lowest BCUT2D eigenvalue weighted by Crippen LogP contribution is -2.27. The van der Waals surface area contributed by atoms with Crippen molar-refractivity contribution in [3.05, 3.63) is 56.2 Å². The molecule has 3 aromatic rings. The van der Waals surface area contributed by atoms with Crippen molar-refractivity contribution >= 4 is 46.4 Å². The Bertz CT molecular complexity index is 846.